The third-order valence-electron chi connectivity index (χ3n) is 7.38. The summed E-state index contributed by atoms with van der Waals surface area (Å²) in [5.41, 5.74) is 1.80. The molecule has 2 aliphatic heterocycles. The van der Waals surface area contributed by atoms with Gasteiger partial charge in [-0.2, -0.15) is 0 Å². The molecule has 0 aromatic carbocycles. The fourth-order valence-electron chi connectivity index (χ4n) is 4.89. The number of carbonyl (C=O) groups is 1. The van der Waals surface area contributed by atoms with Gasteiger partial charge in [-0.1, -0.05) is 19.4 Å². The van der Waals surface area contributed by atoms with Crippen LogP contribution in [0.15, 0.2) is 11.1 Å². The zero-order valence-electron chi connectivity index (χ0n) is 20.7. The van der Waals surface area contributed by atoms with Crippen LogP contribution in [0.5, 0.6) is 0 Å². The van der Waals surface area contributed by atoms with Gasteiger partial charge in [0.2, 0.25) is 0 Å². The first-order chi connectivity index (χ1) is 16.3. The first-order valence-corrected chi connectivity index (χ1v) is 12.2. The Morgan fingerprint density at radius 2 is 1.66 bits per heavy atom. The molecule has 10 atom stereocenters. The molecular weight excluding hydrogens is 464 g/mol. The maximum absolute atomic E-state index is 12.2. The fourth-order valence-corrected chi connectivity index (χ4v) is 4.89. The summed E-state index contributed by atoms with van der Waals surface area (Å²) >= 11 is 0. The second kappa shape index (κ2) is 11.6. The van der Waals surface area contributed by atoms with Crippen molar-refractivity contribution in [1.82, 2.24) is 0 Å². The lowest BCUT2D eigenvalue weighted by molar-refractivity contribution is -0.326. The highest BCUT2D eigenvalue weighted by Crippen LogP contribution is 2.41. The number of allylic oxidation sites excluding steroid dienone is 2. The molecular formula is C24H40O11. The van der Waals surface area contributed by atoms with Crippen molar-refractivity contribution >= 4 is 5.78 Å². The molecule has 0 unspecified atom stereocenters. The van der Waals surface area contributed by atoms with Gasteiger partial charge in [-0.05, 0) is 44.1 Å². The van der Waals surface area contributed by atoms with Crippen molar-refractivity contribution in [3.63, 3.8) is 0 Å². The van der Waals surface area contributed by atoms with Crippen LogP contribution in [0.2, 0.25) is 0 Å². The van der Waals surface area contributed by atoms with Gasteiger partial charge in [-0.15, -0.1) is 0 Å². The van der Waals surface area contributed by atoms with Gasteiger partial charge in [0.05, 0.1) is 19.3 Å². The molecule has 0 bridgehead atoms. The molecule has 11 heteroatoms. The second-order valence-electron chi connectivity index (χ2n) is 10.5. The summed E-state index contributed by atoms with van der Waals surface area (Å²) in [4.78, 5) is 12.2. The van der Waals surface area contributed by atoms with Gasteiger partial charge in [0.15, 0.2) is 18.4 Å². The Hall–Kier alpha value is -0.990. The normalized spacial score (nSPS) is 41.2. The standard InChI is InChI=1S/C24H40O11/c1-11(5-6-13-12(2)14(25)7-8-24(13,3)4)34-23-21(31)19(29)18(28)16(35-23)10-33-22-20(30)17(27)15(26)9-32-22/h11,15-23,26-31H,5-10H2,1-4H3/t11-,15-,16-,17+,18-,19+,20-,21-,22+,23-/m1/s1. The first kappa shape index (κ1) is 28.6. The summed E-state index contributed by atoms with van der Waals surface area (Å²) in [5, 5.41) is 60.4. The molecule has 0 aromatic heterocycles. The van der Waals surface area contributed by atoms with Crippen LogP contribution in [0, 0.1) is 5.41 Å². The Balaban J connectivity index is 1.56. The van der Waals surface area contributed by atoms with Crippen molar-refractivity contribution in [2.24, 2.45) is 5.41 Å². The van der Waals surface area contributed by atoms with Crippen LogP contribution in [0.1, 0.15) is 53.4 Å². The van der Waals surface area contributed by atoms with E-state index in [9.17, 15) is 35.4 Å². The van der Waals surface area contributed by atoms with Crippen molar-refractivity contribution in [3.05, 3.63) is 11.1 Å². The number of hydrogen-bond acceptors (Lipinski definition) is 11. The van der Waals surface area contributed by atoms with Gasteiger partial charge in [0.1, 0.15) is 42.7 Å². The molecule has 0 amide bonds. The second-order valence-corrected chi connectivity index (χ2v) is 10.5. The molecule has 0 saturated carbocycles. The summed E-state index contributed by atoms with van der Waals surface area (Å²) in [6, 6.07) is 0. The summed E-state index contributed by atoms with van der Waals surface area (Å²) < 4.78 is 22.1. The van der Waals surface area contributed by atoms with Crippen LogP contribution in [-0.2, 0) is 23.7 Å². The lowest BCUT2D eigenvalue weighted by Crippen LogP contribution is -2.60. The summed E-state index contributed by atoms with van der Waals surface area (Å²) in [6.07, 6.45) is -10.3. The van der Waals surface area contributed by atoms with E-state index in [1.165, 1.54) is 0 Å². The molecule has 2 saturated heterocycles. The van der Waals surface area contributed by atoms with Crippen LogP contribution in [0.25, 0.3) is 0 Å². The predicted molar refractivity (Wildman–Crippen MR) is 121 cm³/mol. The van der Waals surface area contributed by atoms with Gasteiger partial charge < -0.3 is 49.6 Å². The number of Topliss-reactive ketones (excluding diaryl/α,β-unsaturated/α-hetero) is 1. The molecule has 202 valence electrons. The highest BCUT2D eigenvalue weighted by Gasteiger charge is 2.46. The molecule has 0 spiro atoms. The lowest BCUT2D eigenvalue weighted by Gasteiger charge is -2.42. The monoisotopic (exact) mass is 504 g/mol. The quantitative estimate of drug-likeness (QED) is 0.243. The highest BCUT2D eigenvalue weighted by atomic mass is 16.7. The van der Waals surface area contributed by atoms with E-state index in [0.29, 0.717) is 19.3 Å². The molecule has 3 rings (SSSR count). The van der Waals surface area contributed by atoms with E-state index in [1.54, 1.807) is 6.92 Å². The van der Waals surface area contributed by atoms with E-state index in [2.05, 4.69) is 13.8 Å². The van der Waals surface area contributed by atoms with E-state index in [1.807, 2.05) is 6.92 Å². The minimum atomic E-state index is -1.57. The Morgan fingerprint density at radius 3 is 2.34 bits per heavy atom. The number of aliphatic hydroxyl groups is 6. The summed E-state index contributed by atoms with van der Waals surface area (Å²) in [7, 11) is 0. The maximum atomic E-state index is 12.2. The van der Waals surface area contributed by atoms with Gasteiger partial charge in [-0.3, -0.25) is 4.79 Å². The maximum Gasteiger partial charge on any atom is 0.186 e. The van der Waals surface area contributed by atoms with Crippen LogP contribution < -0.4 is 0 Å². The summed E-state index contributed by atoms with van der Waals surface area (Å²) in [6.45, 7) is 7.30. The molecule has 1 aliphatic carbocycles. The minimum Gasteiger partial charge on any atom is -0.388 e. The number of carbonyl (C=O) groups excluding carboxylic acids is 1. The molecule has 0 radical (unpaired) electrons. The van der Waals surface area contributed by atoms with E-state index < -0.39 is 61.4 Å². The molecule has 3 aliphatic rings. The van der Waals surface area contributed by atoms with Crippen LogP contribution in [0.4, 0.5) is 0 Å². The Bertz CT molecular complexity index is 769. The average Bonchev–Trinajstić information content (AvgIpc) is 2.80. The number of rotatable bonds is 8. The number of hydrogen-bond donors (Lipinski definition) is 6. The predicted octanol–water partition coefficient (Wildman–Crippen LogP) is -0.859. The molecule has 6 N–H and O–H groups in total. The smallest absolute Gasteiger partial charge is 0.186 e. The van der Waals surface area contributed by atoms with Gasteiger partial charge >= 0.3 is 0 Å². The highest BCUT2D eigenvalue weighted by molar-refractivity contribution is 5.96. The zero-order chi connectivity index (χ0) is 26.1. The number of ketones is 1. The third-order valence-corrected chi connectivity index (χ3v) is 7.38. The van der Waals surface area contributed by atoms with Crippen molar-refractivity contribution in [3.8, 4) is 0 Å². The minimum absolute atomic E-state index is 0.0866. The van der Waals surface area contributed by atoms with Gasteiger partial charge in [0, 0.05) is 6.42 Å². The van der Waals surface area contributed by atoms with Crippen molar-refractivity contribution in [2.45, 2.75) is 115 Å². The molecule has 35 heavy (non-hydrogen) atoms. The molecule has 11 nitrogen and oxygen atoms in total. The lowest BCUT2D eigenvalue weighted by atomic mass is 9.70. The van der Waals surface area contributed by atoms with E-state index >= 15 is 0 Å². The zero-order valence-corrected chi connectivity index (χ0v) is 20.7. The van der Waals surface area contributed by atoms with Crippen molar-refractivity contribution in [1.29, 1.82) is 0 Å². The van der Waals surface area contributed by atoms with E-state index in [-0.39, 0.29) is 24.4 Å². The Labute approximate surface area is 205 Å². The third kappa shape index (κ3) is 6.48. The average molecular weight is 505 g/mol. The molecule has 0 aromatic rings. The van der Waals surface area contributed by atoms with Crippen molar-refractivity contribution in [2.75, 3.05) is 13.2 Å². The van der Waals surface area contributed by atoms with Gasteiger partial charge in [0.25, 0.3) is 0 Å². The molecule has 2 heterocycles. The topological polar surface area (TPSA) is 175 Å². The van der Waals surface area contributed by atoms with Gasteiger partial charge in [-0.25, -0.2) is 0 Å². The van der Waals surface area contributed by atoms with Crippen LogP contribution in [-0.4, -0.2) is 111 Å². The largest absolute Gasteiger partial charge is 0.388 e. The molecule has 2 fully saturated rings. The van der Waals surface area contributed by atoms with Crippen LogP contribution in [0.3, 0.4) is 0 Å². The Kier molecular flexibility index (Phi) is 9.47. The Morgan fingerprint density at radius 1 is 1.00 bits per heavy atom. The van der Waals surface area contributed by atoms with Crippen molar-refractivity contribution < 1.29 is 54.4 Å². The fraction of sp³-hybridized carbons (Fsp3) is 0.875. The summed E-state index contributed by atoms with van der Waals surface area (Å²) in [5.74, 6) is 0.160. The van der Waals surface area contributed by atoms with E-state index in [0.717, 1.165) is 17.6 Å². The van der Waals surface area contributed by atoms with Crippen LogP contribution >= 0.6 is 0 Å². The van der Waals surface area contributed by atoms with E-state index in [4.69, 9.17) is 18.9 Å². The number of aliphatic hydroxyl groups excluding tert-OH is 6. The number of ether oxygens (including phenoxy) is 4. The SMILES string of the molecule is CC1=C(CC[C@@H](C)O[C@@H]2O[C@H](CO[C@@H]3OC[C@@H](O)[C@H](O)[C@H]3O)[C@@H](O)[C@H](O)[C@H]2O)C(C)(C)CCC1=O. The first-order valence-electron chi connectivity index (χ1n) is 12.2.